The van der Waals surface area contributed by atoms with E-state index in [-0.39, 0.29) is 36.3 Å². The summed E-state index contributed by atoms with van der Waals surface area (Å²) in [5.74, 6) is -0.641. The molecule has 0 atom stereocenters. The summed E-state index contributed by atoms with van der Waals surface area (Å²) in [6.45, 7) is 13.7. The molecule has 314 valence electrons. The summed E-state index contributed by atoms with van der Waals surface area (Å²) in [6.07, 6.45) is 19.9. The average molecular weight is 1030 g/mol. The molecule has 0 N–H and O–H groups in total. The molecular weight excluding hydrogens is 961 g/mol. The van der Waals surface area contributed by atoms with Crippen LogP contribution in [0, 0.1) is 23.7 Å². The van der Waals surface area contributed by atoms with Gasteiger partial charge in [0.2, 0.25) is 0 Å². The van der Waals surface area contributed by atoms with Gasteiger partial charge < -0.3 is 8.83 Å². The van der Waals surface area contributed by atoms with E-state index in [1.165, 1.54) is 138 Å². The molecule has 0 unspecified atom stereocenters. The third-order valence-corrected chi connectivity index (χ3v) is 40.1. The number of hydrogen-bond acceptors (Lipinski definition) is 3. The molecule has 10 heteroatoms. The summed E-state index contributed by atoms with van der Waals surface area (Å²) in [4.78, 5) is 0. The molecule has 0 saturated carbocycles. The van der Waals surface area contributed by atoms with Gasteiger partial charge in [0.25, 0.3) is 0 Å². The van der Waals surface area contributed by atoms with Crippen LogP contribution >= 0.6 is 8.92 Å². The number of hydrogen-bond donors (Lipinski definition) is 0. The van der Waals surface area contributed by atoms with E-state index in [2.05, 4.69) is 53.9 Å². The fourth-order valence-electron chi connectivity index (χ4n) is 7.24. The molecule has 58 heavy (non-hydrogen) atoms. The quantitative estimate of drug-likeness (QED) is 0.0599. The van der Waals surface area contributed by atoms with Crippen molar-refractivity contribution in [3.8, 4) is 0 Å². The molecule has 3 aromatic carbocycles. The molecule has 0 amide bonds. The van der Waals surface area contributed by atoms with E-state index in [0.717, 1.165) is 27.3 Å². The second kappa shape index (κ2) is 29.0. The van der Waals surface area contributed by atoms with Gasteiger partial charge in [-0.15, -0.1) is 11.5 Å². The Morgan fingerprint density at radius 2 is 0.948 bits per heavy atom. The van der Waals surface area contributed by atoms with Gasteiger partial charge >= 0.3 is 262 Å². The molecule has 0 bridgehead atoms. The van der Waals surface area contributed by atoms with Gasteiger partial charge in [-0.1, -0.05) is 12.1 Å². The van der Waals surface area contributed by atoms with Crippen LogP contribution in [0.5, 0.6) is 0 Å². The zero-order valence-electron chi connectivity index (χ0n) is 36.5. The number of unbranched alkanes of at least 4 members (excludes halogenated alkanes) is 6. The Morgan fingerprint density at radius 1 is 0.517 bits per heavy atom. The minimum Gasteiger partial charge on any atom is -0.591 e. The minimum atomic E-state index is -2.52. The Bertz CT molecular complexity index is 1860. The van der Waals surface area contributed by atoms with Crippen LogP contribution in [0.2, 0.25) is 26.6 Å². The van der Waals surface area contributed by atoms with Gasteiger partial charge in [-0.05, 0) is 42.2 Å². The molecule has 0 spiro atoms. The molecule has 3 nitrogen and oxygen atoms in total. The largest absolute Gasteiger partial charge is 1.00 e. The second-order valence-corrected chi connectivity index (χ2v) is 44.7. The van der Waals surface area contributed by atoms with E-state index in [0.29, 0.717) is 5.58 Å². The van der Waals surface area contributed by atoms with Gasteiger partial charge in [0.15, 0.2) is 0 Å². The Kier molecular flexibility index (Phi) is 26.3. The molecule has 0 radical (unpaired) electrons. The standard InChI is InChI=1S/C8H5FO.2C8H4FO.6C4H9.ClH.Li.2Sn/c3*9-7-1-2-8-6(5-7)3-4-10-8;6*1-3-4-2;;;;/h1-5H;2*1-3,5H;6*1,3-4H2,2H3;1H;;;/q;;-1;;;;;;;;+1;;+1/p-1. The molecule has 0 aliphatic heterocycles. The summed E-state index contributed by atoms with van der Waals surface area (Å²) in [5, 5.41) is 2.51. The fourth-order valence-corrected chi connectivity index (χ4v) is 35.8. The Morgan fingerprint density at radius 3 is 1.45 bits per heavy atom. The van der Waals surface area contributed by atoms with Gasteiger partial charge in [-0.25, -0.2) is 8.78 Å². The van der Waals surface area contributed by atoms with Crippen molar-refractivity contribution in [2.75, 3.05) is 0 Å². The molecular formula is C48H67ClF3LiO3Sn2. The predicted octanol–water partition coefficient (Wildman–Crippen LogP) is 14.1. The van der Waals surface area contributed by atoms with Gasteiger partial charge in [0, 0.05) is 5.39 Å². The van der Waals surface area contributed by atoms with Gasteiger partial charge in [-0.2, -0.15) is 0 Å². The number of fused-ring (bicyclic) bond motifs is 3. The van der Waals surface area contributed by atoms with Crippen molar-refractivity contribution in [2.24, 2.45) is 0 Å². The molecule has 0 aliphatic carbocycles. The Labute approximate surface area is 371 Å². The van der Waals surface area contributed by atoms with Crippen molar-refractivity contribution in [2.45, 2.75) is 145 Å². The molecule has 3 aromatic heterocycles. The number of furan rings is 3. The van der Waals surface area contributed by atoms with Crippen molar-refractivity contribution in [1.29, 1.82) is 0 Å². The second-order valence-electron chi connectivity index (χ2n) is 15.5. The Hall–Kier alpha value is -1.45. The van der Waals surface area contributed by atoms with Crippen molar-refractivity contribution < 1.29 is 45.3 Å². The van der Waals surface area contributed by atoms with Crippen LogP contribution < -0.4 is 22.6 Å². The van der Waals surface area contributed by atoms with Gasteiger partial charge in [0.05, 0.1) is 6.26 Å². The maximum atomic E-state index is 13.5. The van der Waals surface area contributed by atoms with E-state index in [1.54, 1.807) is 42.7 Å². The van der Waals surface area contributed by atoms with Crippen molar-refractivity contribution in [1.82, 2.24) is 0 Å². The topological polar surface area (TPSA) is 39.4 Å². The number of benzene rings is 3. The van der Waals surface area contributed by atoms with Crippen LogP contribution in [-0.4, -0.2) is 35.6 Å². The zero-order chi connectivity index (χ0) is 41.5. The summed E-state index contributed by atoms with van der Waals surface area (Å²) in [6, 6.07) is 19.3. The first kappa shape index (κ1) is 52.7. The first-order valence-electron chi connectivity index (χ1n) is 21.6. The van der Waals surface area contributed by atoms with E-state index < -0.39 is 35.6 Å². The van der Waals surface area contributed by atoms with Gasteiger partial charge in [0.1, 0.15) is 17.2 Å². The summed E-state index contributed by atoms with van der Waals surface area (Å²) < 4.78 is 64.4. The third-order valence-electron chi connectivity index (χ3n) is 10.7. The van der Waals surface area contributed by atoms with E-state index in [9.17, 15) is 13.2 Å². The monoisotopic (exact) mass is 1030 g/mol. The number of halogens is 4. The maximum absolute atomic E-state index is 13.5. The van der Waals surface area contributed by atoms with Crippen molar-refractivity contribution in [3.05, 3.63) is 103 Å². The van der Waals surface area contributed by atoms with E-state index in [1.807, 2.05) is 0 Å². The van der Waals surface area contributed by atoms with Crippen LogP contribution in [0.1, 0.15) is 119 Å². The SMILES string of the molecule is CCC[CH2][Sn]([CH2]CCC)([CH2]CCC)[c]1cc2cc(F)ccc2o1.CCC[CH2][Sn]([Cl])([CH2]CCC)[CH2]CCC.Fc1ccc2o[c-]cc2c1.Fc1ccc2occc2c1.[Li+]. The summed E-state index contributed by atoms with van der Waals surface area (Å²) in [7, 11) is 6.89. The van der Waals surface area contributed by atoms with E-state index >= 15 is 0 Å². The normalized spacial score (nSPS) is 11.3. The summed E-state index contributed by atoms with van der Waals surface area (Å²) >= 11 is -4.61. The zero-order valence-corrected chi connectivity index (χ0v) is 42.9. The predicted molar refractivity (Wildman–Crippen MR) is 243 cm³/mol. The molecule has 3 heterocycles. The third kappa shape index (κ3) is 17.9. The maximum Gasteiger partial charge on any atom is 1.00 e. The van der Waals surface area contributed by atoms with Crippen LogP contribution in [0.25, 0.3) is 32.9 Å². The summed E-state index contributed by atoms with van der Waals surface area (Å²) in [5.41, 5.74) is 2.26. The van der Waals surface area contributed by atoms with Crippen LogP contribution in [0.4, 0.5) is 13.2 Å². The molecule has 6 rings (SSSR count). The molecule has 0 saturated heterocycles. The Balaban J connectivity index is 0.000000283. The van der Waals surface area contributed by atoms with Crippen molar-refractivity contribution >= 4 is 81.2 Å². The molecule has 0 fully saturated rings. The van der Waals surface area contributed by atoms with Crippen LogP contribution in [0.3, 0.4) is 0 Å². The van der Waals surface area contributed by atoms with Crippen LogP contribution in [-0.2, 0) is 0 Å². The molecule has 6 aromatic rings. The fraction of sp³-hybridized carbons (Fsp3) is 0.500. The average Bonchev–Trinajstić information content (AvgIpc) is 3.99. The first-order valence-corrected chi connectivity index (χ1v) is 38.8. The minimum absolute atomic E-state index is 0. The van der Waals surface area contributed by atoms with Gasteiger partial charge in [-0.3, -0.25) is 0 Å². The first-order chi connectivity index (χ1) is 27.5. The smallest absolute Gasteiger partial charge is 0.591 e. The van der Waals surface area contributed by atoms with Crippen LogP contribution in [0.15, 0.2) is 92.3 Å². The molecule has 0 aliphatic rings. The van der Waals surface area contributed by atoms with E-state index in [4.69, 9.17) is 22.2 Å². The number of rotatable bonds is 19. The van der Waals surface area contributed by atoms with Crippen molar-refractivity contribution in [3.63, 3.8) is 0 Å².